The lowest BCUT2D eigenvalue weighted by molar-refractivity contribution is -0.145. The Morgan fingerprint density at radius 3 is 2.65 bits per heavy atom. The van der Waals surface area contributed by atoms with Gasteiger partial charge in [-0.2, -0.15) is 0 Å². The summed E-state index contributed by atoms with van der Waals surface area (Å²) in [6.45, 7) is 3.40. The first kappa shape index (κ1) is 13.0. The molecule has 0 radical (unpaired) electrons. The van der Waals surface area contributed by atoms with Gasteiger partial charge in [0.2, 0.25) is 0 Å². The summed E-state index contributed by atoms with van der Waals surface area (Å²) in [7, 11) is 0. The number of benzene rings is 1. The zero-order valence-electron chi connectivity index (χ0n) is 9.73. The van der Waals surface area contributed by atoms with Crippen molar-refractivity contribution in [1.82, 2.24) is 0 Å². The Morgan fingerprint density at radius 1 is 1.35 bits per heavy atom. The molecular formula is C12H14O5. The van der Waals surface area contributed by atoms with Gasteiger partial charge in [-0.05, 0) is 26.0 Å². The number of carboxylic acids is 1. The standard InChI is InChI=1S/C12H14O5/c1-3-16-11(13)7-17-10-6-4-5-9(8(10)2)12(14)15/h4-6H,3,7H2,1-2H3,(H,14,15). The van der Waals surface area contributed by atoms with Crippen LogP contribution in [0.4, 0.5) is 0 Å². The van der Waals surface area contributed by atoms with E-state index in [0.717, 1.165) is 0 Å². The zero-order valence-corrected chi connectivity index (χ0v) is 9.73. The fourth-order valence-corrected chi connectivity index (χ4v) is 1.34. The van der Waals surface area contributed by atoms with E-state index in [9.17, 15) is 9.59 Å². The maximum absolute atomic E-state index is 11.1. The van der Waals surface area contributed by atoms with E-state index in [1.165, 1.54) is 6.07 Å². The lowest BCUT2D eigenvalue weighted by Gasteiger charge is -2.10. The third-order valence-corrected chi connectivity index (χ3v) is 2.17. The van der Waals surface area contributed by atoms with E-state index in [-0.39, 0.29) is 18.8 Å². The summed E-state index contributed by atoms with van der Waals surface area (Å²) in [5.74, 6) is -1.13. The third-order valence-electron chi connectivity index (χ3n) is 2.17. The monoisotopic (exact) mass is 238 g/mol. The van der Waals surface area contributed by atoms with Gasteiger partial charge >= 0.3 is 11.9 Å². The minimum Gasteiger partial charge on any atom is -0.482 e. The topological polar surface area (TPSA) is 72.8 Å². The molecule has 0 spiro atoms. The molecule has 0 aliphatic rings. The van der Waals surface area contributed by atoms with E-state index in [1.54, 1.807) is 26.0 Å². The number of carbonyl (C=O) groups is 2. The van der Waals surface area contributed by atoms with Gasteiger partial charge in [-0.25, -0.2) is 9.59 Å². The Labute approximate surface area is 99.0 Å². The van der Waals surface area contributed by atoms with E-state index in [4.69, 9.17) is 14.6 Å². The lowest BCUT2D eigenvalue weighted by Crippen LogP contribution is -2.15. The number of rotatable bonds is 5. The molecule has 0 unspecified atom stereocenters. The van der Waals surface area contributed by atoms with Gasteiger partial charge < -0.3 is 14.6 Å². The SMILES string of the molecule is CCOC(=O)COc1cccc(C(=O)O)c1C. The number of hydrogen-bond donors (Lipinski definition) is 1. The molecule has 1 aromatic rings. The molecule has 92 valence electrons. The minimum absolute atomic E-state index is 0.159. The zero-order chi connectivity index (χ0) is 12.8. The van der Waals surface area contributed by atoms with Crippen LogP contribution in [0, 0.1) is 6.92 Å². The molecule has 0 saturated heterocycles. The largest absolute Gasteiger partial charge is 0.482 e. The van der Waals surface area contributed by atoms with E-state index in [1.807, 2.05) is 0 Å². The first-order valence-electron chi connectivity index (χ1n) is 5.17. The summed E-state index contributed by atoms with van der Waals surface area (Å²) in [6, 6.07) is 4.66. The highest BCUT2D eigenvalue weighted by molar-refractivity contribution is 5.90. The Morgan fingerprint density at radius 2 is 2.06 bits per heavy atom. The molecule has 5 nitrogen and oxygen atoms in total. The van der Waals surface area contributed by atoms with Crippen molar-refractivity contribution >= 4 is 11.9 Å². The van der Waals surface area contributed by atoms with Gasteiger partial charge in [-0.1, -0.05) is 6.07 Å². The second kappa shape index (κ2) is 5.89. The number of aromatic carboxylic acids is 1. The quantitative estimate of drug-likeness (QED) is 0.789. The molecule has 5 heteroatoms. The van der Waals surface area contributed by atoms with Crippen LogP contribution in [-0.4, -0.2) is 30.3 Å². The van der Waals surface area contributed by atoms with Gasteiger partial charge in [-0.3, -0.25) is 0 Å². The normalized spacial score (nSPS) is 9.76. The van der Waals surface area contributed by atoms with Crippen LogP contribution in [0.1, 0.15) is 22.8 Å². The summed E-state index contributed by atoms with van der Waals surface area (Å²) in [5.41, 5.74) is 0.649. The van der Waals surface area contributed by atoms with Crippen molar-refractivity contribution in [2.45, 2.75) is 13.8 Å². The smallest absolute Gasteiger partial charge is 0.344 e. The van der Waals surface area contributed by atoms with Crippen molar-refractivity contribution in [2.75, 3.05) is 13.2 Å². The van der Waals surface area contributed by atoms with Crippen LogP contribution < -0.4 is 4.74 Å². The van der Waals surface area contributed by atoms with Crippen LogP contribution in [0.2, 0.25) is 0 Å². The molecule has 0 atom stereocenters. The number of carbonyl (C=O) groups excluding carboxylic acids is 1. The van der Waals surface area contributed by atoms with Gasteiger partial charge in [0.05, 0.1) is 12.2 Å². The van der Waals surface area contributed by atoms with Gasteiger partial charge in [-0.15, -0.1) is 0 Å². The van der Waals surface area contributed by atoms with E-state index < -0.39 is 11.9 Å². The summed E-state index contributed by atoms with van der Waals surface area (Å²) >= 11 is 0. The third kappa shape index (κ3) is 3.48. The van der Waals surface area contributed by atoms with Crippen LogP contribution in [0.3, 0.4) is 0 Å². The van der Waals surface area contributed by atoms with Crippen molar-refractivity contribution in [3.8, 4) is 5.75 Å². The Hall–Kier alpha value is -2.04. The summed E-state index contributed by atoms with van der Waals surface area (Å²) in [5, 5.41) is 8.90. The van der Waals surface area contributed by atoms with Crippen LogP contribution in [0.25, 0.3) is 0 Å². The van der Waals surface area contributed by atoms with Crippen LogP contribution in [-0.2, 0) is 9.53 Å². The summed E-state index contributed by atoms with van der Waals surface area (Å²) in [4.78, 5) is 22.0. The van der Waals surface area contributed by atoms with E-state index in [0.29, 0.717) is 11.3 Å². The average Bonchev–Trinajstić information content (AvgIpc) is 2.27. The molecule has 1 N–H and O–H groups in total. The Kier molecular flexibility index (Phi) is 4.51. The molecular weight excluding hydrogens is 224 g/mol. The highest BCUT2D eigenvalue weighted by Crippen LogP contribution is 2.21. The van der Waals surface area contributed by atoms with Crippen molar-refractivity contribution in [3.05, 3.63) is 29.3 Å². The predicted molar refractivity (Wildman–Crippen MR) is 60.3 cm³/mol. The van der Waals surface area contributed by atoms with Gasteiger partial charge in [0, 0.05) is 5.56 Å². The van der Waals surface area contributed by atoms with Crippen molar-refractivity contribution < 1.29 is 24.2 Å². The maximum atomic E-state index is 11.1. The van der Waals surface area contributed by atoms with Crippen molar-refractivity contribution in [3.63, 3.8) is 0 Å². The van der Waals surface area contributed by atoms with Crippen LogP contribution in [0.5, 0.6) is 5.75 Å². The molecule has 0 saturated carbocycles. The van der Waals surface area contributed by atoms with Gasteiger partial charge in [0.1, 0.15) is 5.75 Å². The highest BCUT2D eigenvalue weighted by Gasteiger charge is 2.12. The number of hydrogen-bond acceptors (Lipinski definition) is 4. The molecule has 0 bridgehead atoms. The highest BCUT2D eigenvalue weighted by atomic mass is 16.6. The molecule has 0 aliphatic carbocycles. The molecule has 17 heavy (non-hydrogen) atoms. The lowest BCUT2D eigenvalue weighted by atomic mass is 10.1. The summed E-state index contributed by atoms with van der Waals surface area (Å²) in [6.07, 6.45) is 0. The van der Waals surface area contributed by atoms with E-state index in [2.05, 4.69) is 0 Å². The number of carboxylic acid groups (broad SMARTS) is 1. The molecule has 0 fully saturated rings. The first-order valence-corrected chi connectivity index (χ1v) is 5.17. The Bertz CT molecular complexity index is 425. The van der Waals surface area contributed by atoms with Crippen LogP contribution in [0.15, 0.2) is 18.2 Å². The first-order chi connectivity index (χ1) is 8.06. The average molecular weight is 238 g/mol. The fraction of sp³-hybridized carbons (Fsp3) is 0.333. The van der Waals surface area contributed by atoms with Crippen LogP contribution >= 0.6 is 0 Å². The second-order valence-corrected chi connectivity index (χ2v) is 3.33. The molecule has 0 amide bonds. The van der Waals surface area contributed by atoms with Crippen molar-refractivity contribution in [2.24, 2.45) is 0 Å². The molecule has 1 aromatic carbocycles. The number of ether oxygens (including phenoxy) is 2. The fourth-order valence-electron chi connectivity index (χ4n) is 1.34. The molecule has 0 heterocycles. The number of esters is 1. The van der Waals surface area contributed by atoms with E-state index >= 15 is 0 Å². The predicted octanol–water partition coefficient (Wildman–Crippen LogP) is 1.64. The minimum atomic E-state index is -1.02. The second-order valence-electron chi connectivity index (χ2n) is 3.33. The molecule has 0 aromatic heterocycles. The molecule has 1 rings (SSSR count). The van der Waals surface area contributed by atoms with Gasteiger partial charge in [0.15, 0.2) is 6.61 Å². The van der Waals surface area contributed by atoms with Gasteiger partial charge in [0.25, 0.3) is 0 Å². The van der Waals surface area contributed by atoms with Crippen molar-refractivity contribution in [1.29, 1.82) is 0 Å². The maximum Gasteiger partial charge on any atom is 0.344 e. The molecule has 0 aliphatic heterocycles. The Balaban J connectivity index is 2.75. The summed E-state index contributed by atoms with van der Waals surface area (Å²) < 4.78 is 9.90.